The maximum Gasteiger partial charge on any atom is 0.410 e. The van der Waals surface area contributed by atoms with Crippen LogP contribution in [0.4, 0.5) is 4.79 Å². The van der Waals surface area contributed by atoms with E-state index in [1.165, 1.54) is 19.3 Å². The zero-order valence-electron chi connectivity index (χ0n) is 11.5. The Balaban J connectivity index is 1.84. The van der Waals surface area contributed by atoms with Crippen LogP contribution in [0.2, 0.25) is 0 Å². The van der Waals surface area contributed by atoms with Crippen LogP contribution >= 0.6 is 0 Å². The lowest BCUT2D eigenvalue weighted by Crippen LogP contribution is -2.50. The van der Waals surface area contributed by atoms with Crippen molar-refractivity contribution >= 4 is 11.9 Å². The highest BCUT2D eigenvalue weighted by molar-refractivity contribution is 5.88. The minimum absolute atomic E-state index is 0.245. The van der Waals surface area contributed by atoms with Crippen molar-refractivity contribution in [2.75, 3.05) is 19.6 Å². The number of rotatable bonds is 1. The quantitative estimate of drug-likeness (QED) is 0.775. The lowest BCUT2D eigenvalue weighted by molar-refractivity contribution is 0.0275. The molecular formula is C13H23N3O2. The second-order valence-corrected chi connectivity index (χ2v) is 6.00. The van der Waals surface area contributed by atoms with Gasteiger partial charge < -0.3 is 10.1 Å². The number of hydrogen-bond acceptors (Lipinski definition) is 4. The van der Waals surface area contributed by atoms with E-state index < -0.39 is 5.60 Å². The van der Waals surface area contributed by atoms with E-state index in [4.69, 9.17) is 4.74 Å². The molecule has 1 aliphatic carbocycles. The summed E-state index contributed by atoms with van der Waals surface area (Å²) in [6.07, 6.45) is 3.47. The van der Waals surface area contributed by atoms with Gasteiger partial charge in [-0.25, -0.2) is 4.79 Å². The van der Waals surface area contributed by atoms with Gasteiger partial charge in [0.2, 0.25) is 0 Å². The molecule has 0 aromatic carbocycles. The Kier molecular flexibility index (Phi) is 3.78. The topological polar surface area (TPSA) is 53.9 Å². The van der Waals surface area contributed by atoms with E-state index in [2.05, 4.69) is 10.3 Å². The van der Waals surface area contributed by atoms with Crippen LogP contribution in [-0.2, 0) is 4.74 Å². The number of amidine groups is 1. The summed E-state index contributed by atoms with van der Waals surface area (Å²) in [6, 6.07) is 0.558. The normalized spacial score (nSPS) is 21.1. The van der Waals surface area contributed by atoms with Crippen molar-refractivity contribution in [2.24, 2.45) is 4.99 Å². The Morgan fingerprint density at radius 3 is 2.72 bits per heavy atom. The first kappa shape index (κ1) is 13.2. The molecule has 2 aliphatic rings. The fourth-order valence-electron chi connectivity index (χ4n) is 1.98. The predicted octanol–water partition coefficient (Wildman–Crippen LogP) is 1.78. The van der Waals surface area contributed by atoms with Crippen LogP contribution in [-0.4, -0.2) is 48.1 Å². The molecule has 1 heterocycles. The van der Waals surface area contributed by atoms with Crippen molar-refractivity contribution in [3.63, 3.8) is 0 Å². The number of nitrogens with zero attached hydrogens (tertiary/aromatic N) is 2. The first-order valence-electron chi connectivity index (χ1n) is 6.72. The van der Waals surface area contributed by atoms with Gasteiger partial charge in [-0.2, -0.15) is 0 Å². The van der Waals surface area contributed by atoms with Crippen molar-refractivity contribution in [3.05, 3.63) is 0 Å². The third-order valence-electron chi connectivity index (χ3n) is 3.14. The standard InChI is InChI=1S/C13H23N3O2/c1-13(2,3)18-12(17)16-8-7-14-11(9-16)15-10-5-4-6-10/h10H,4-9H2,1-3H3,(H,14,15). The lowest BCUT2D eigenvalue weighted by Gasteiger charge is -2.33. The number of carbonyl (C=O) groups excluding carboxylic acids is 1. The van der Waals surface area contributed by atoms with E-state index in [-0.39, 0.29) is 6.09 Å². The largest absolute Gasteiger partial charge is 0.444 e. The van der Waals surface area contributed by atoms with Gasteiger partial charge in [0.1, 0.15) is 11.4 Å². The van der Waals surface area contributed by atoms with Gasteiger partial charge >= 0.3 is 6.09 Å². The predicted molar refractivity (Wildman–Crippen MR) is 70.9 cm³/mol. The smallest absolute Gasteiger partial charge is 0.410 e. The van der Waals surface area contributed by atoms with Crippen molar-refractivity contribution in [1.29, 1.82) is 0 Å². The Hall–Kier alpha value is -1.26. The molecule has 5 heteroatoms. The first-order valence-corrected chi connectivity index (χ1v) is 6.72. The number of carbonyl (C=O) groups is 1. The van der Waals surface area contributed by atoms with E-state index in [0.29, 0.717) is 25.7 Å². The summed E-state index contributed by atoms with van der Waals surface area (Å²) < 4.78 is 5.38. The third-order valence-corrected chi connectivity index (χ3v) is 3.14. The molecule has 1 saturated carbocycles. The van der Waals surface area contributed by atoms with Crippen molar-refractivity contribution in [3.8, 4) is 0 Å². The minimum Gasteiger partial charge on any atom is -0.444 e. The fraction of sp³-hybridized carbons (Fsp3) is 0.846. The molecule has 0 bridgehead atoms. The molecule has 102 valence electrons. The van der Waals surface area contributed by atoms with E-state index in [1.54, 1.807) is 4.90 Å². The maximum atomic E-state index is 11.9. The summed E-state index contributed by atoms with van der Waals surface area (Å²) in [5.41, 5.74) is -0.437. The second-order valence-electron chi connectivity index (χ2n) is 6.00. The molecule has 0 atom stereocenters. The van der Waals surface area contributed by atoms with Crippen molar-refractivity contribution < 1.29 is 9.53 Å². The van der Waals surface area contributed by atoms with Crippen LogP contribution in [0, 0.1) is 0 Å². The molecule has 0 aromatic rings. The van der Waals surface area contributed by atoms with E-state index in [0.717, 1.165) is 5.84 Å². The van der Waals surface area contributed by atoms with Gasteiger partial charge in [-0.3, -0.25) is 9.89 Å². The summed E-state index contributed by atoms with van der Waals surface area (Å²) in [4.78, 5) is 18.1. The average Bonchev–Trinajstić information content (AvgIpc) is 2.22. The van der Waals surface area contributed by atoms with Crippen LogP contribution < -0.4 is 5.32 Å². The van der Waals surface area contributed by atoms with Gasteiger partial charge in [-0.05, 0) is 40.0 Å². The van der Waals surface area contributed by atoms with E-state index in [1.807, 2.05) is 20.8 Å². The van der Waals surface area contributed by atoms with Crippen molar-refractivity contribution in [1.82, 2.24) is 10.2 Å². The van der Waals surface area contributed by atoms with Crippen molar-refractivity contribution in [2.45, 2.75) is 51.7 Å². The number of hydrogen-bond donors (Lipinski definition) is 1. The van der Waals surface area contributed by atoms with E-state index in [9.17, 15) is 4.79 Å². The third kappa shape index (κ3) is 3.62. The Labute approximate surface area is 109 Å². The van der Waals surface area contributed by atoms with Gasteiger partial charge in [0.25, 0.3) is 0 Å². The molecule has 1 aliphatic heterocycles. The fourth-order valence-corrected chi connectivity index (χ4v) is 1.98. The highest BCUT2D eigenvalue weighted by Gasteiger charge is 2.26. The monoisotopic (exact) mass is 253 g/mol. The van der Waals surface area contributed by atoms with Gasteiger partial charge in [0.15, 0.2) is 0 Å². The Morgan fingerprint density at radius 2 is 2.17 bits per heavy atom. The minimum atomic E-state index is -0.437. The highest BCUT2D eigenvalue weighted by atomic mass is 16.6. The van der Waals surface area contributed by atoms with E-state index >= 15 is 0 Å². The summed E-state index contributed by atoms with van der Waals surface area (Å²) in [6.45, 7) is 7.51. The van der Waals surface area contributed by atoms with Gasteiger partial charge in [0, 0.05) is 12.6 Å². The van der Waals surface area contributed by atoms with Gasteiger partial charge in [-0.15, -0.1) is 0 Å². The summed E-state index contributed by atoms with van der Waals surface area (Å²) in [7, 11) is 0. The number of nitrogens with one attached hydrogen (secondary N) is 1. The summed E-state index contributed by atoms with van der Waals surface area (Å²) >= 11 is 0. The lowest BCUT2D eigenvalue weighted by atomic mass is 9.93. The zero-order valence-corrected chi connectivity index (χ0v) is 11.5. The van der Waals surface area contributed by atoms with Crippen LogP contribution in [0.1, 0.15) is 40.0 Å². The molecule has 0 spiro atoms. The molecule has 1 fully saturated rings. The maximum absolute atomic E-state index is 11.9. The van der Waals surface area contributed by atoms with Gasteiger partial charge in [-0.1, -0.05) is 0 Å². The van der Waals surface area contributed by atoms with Gasteiger partial charge in [0.05, 0.1) is 13.1 Å². The highest BCUT2D eigenvalue weighted by Crippen LogP contribution is 2.18. The zero-order chi connectivity index (χ0) is 13.2. The average molecular weight is 253 g/mol. The molecular weight excluding hydrogens is 230 g/mol. The molecule has 0 saturated heterocycles. The molecule has 0 unspecified atom stereocenters. The molecule has 0 aromatic heterocycles. The van der Waals surface area contributed by atoms with Crippen LogP contribution in [0.3, 0.4) is 0 Å². The second kappa shape index (κ2) is 5.16. The molecule has 5 nitrogen and oxygen atoms in total. The number of ether oxygens (including phenoxy) is 1. The molecule has 18 heavy (non-hydrogen) atoms. The molecule has 1 amide bonds. The van der Waals surface area contributed by atoms with Crippen LogP contribution in [0.5, 0.6) is 0 Å². The molecule has 2 rings (SSSR count). The van der Waals surface area contributed by atoms with Crippen LogP contribution in [0.15, 0.2) is 4.99 Å². The first-order chi connectivity index (χ1) is 8.44. The molecule has 1 N–H and O–H groups in total. The Morgan fingerprint density at radius 1 is 1.44 bits per heavy atom. The number of aliphatic imine (C=N–C) groups is 1. The SMILES string of the molecule is CC(C)(C)OC(=O)N1CCN=C(NC2CCC2)C1. The van der Waals surface area contributed by atoms with Crippen LogP contribution in [0.25, 0.3) is 0 Å². The summed E-state index contributed by atoms with van der Waals surface area (Å²) in [5, 5.41) is 3.40. The Bertz CT molecular complexity index is 343. The summed E-state index contributed by atoms with van der Waals surface area (Å²) in [5.74, 6) is 0.928. The molecule has 0 radical (unpaired) electrons. The number of amides is 1.